The highest BCUT2D eigenvalue weighted by molar-refractivity contribution is 6.17. The van der Waals surface area contributed by atoms with Crippen LogP contribution in [0.3, 0.4) is 0 Å². The average molecular weight is 212 g/mol. The maximum Gasteiger partial charge on any atom is 0.181 e. The molecular formula is C10H7ClFNO. The van der Waals surface area contributed by atoms with E-state index in [1.807, 2.05) is 0 Å². The van der Waals surface area contributed by atoms with Crippen LogP contribution in [-0.2, 0) is 5.88 Å². The molecular weight excluding hydrogens is 205 g/mol. The lowest BCUT2D eigenvalue weighted by Gasteiger charge is -1.97. The summed E-state index contributed by atoms with van der Waals surface area (Å²) in [4.78, 5) is 3.92. The number of alkyl halides is 1. The van der Waals surface area contributed by atoms with Gasteiger partial charge in [-0.25, -0.2) is 9.37 Å². The van der Waals surface area contributed by atoms with Crippen LogP contribution in [0, 0.1) is 5.82 Å². The Labute approximate surface area is 85.3 Å². The molecule has 0 bridgehead atoms. The predicted octanol–water partition coefficient (Wildman–Crippen LogP) is 3.22. The van der Waals surface area contributed by atoms with Gasteiger partial charge in [-0.3, -0.25) is 0 Å². The third-order valence-corrected chi connectivity index (χ3v) is 2.11. The van der Waals surface area contributed by atoms with Crippen molar-refractivity contribution in [3.63, 3.8) is 0 Å². The van der Waals surface area contributed by atoms with E-state index in [4.69, 9.17) is 16.0 Å². The normalized spacial score (nSPS) is 10.4. The molecule has 0 saturated heterocycles. The highest BCUT2D eigenvalue weighted by Gasteiger charge is 2.09. The Morgan fingerprint density at radius 3 is 3.00 bits per heavy atom. The molecule has 0 aliphatic carbocycles. The molecule has 0 spiro atoms. The molecule has 0 saturated carbocycles. The minimum absolute atomic E-state index is 0.252. The topological polar surface area (TPSA) is 26.0 Å². The number of halogens is 2. The summed E-state index contributed by atoms with van der Waals surface area (Å²) < 4.78 is 18.0. The number of oxazole rings is 1. The number of aromatic nitrogens is 1. The van der Waals surface area contributed by atoms with Gasteiger partial charge in [-0.1, -0.05) is 12.1 Å². The van der Waals surface area contributed by atoms with Crippen molar-refractivity contribution in [3.8, 4) is 11.3 Å². The largest absolute Gasteiger partial charge is 0.443 e. The minimum atomic E-state index is -0.306. The van der Waals surface area contributed by atoms with E-state index in [2.05, 4.69) is 4.98 Å². The molecule has 0 aliphatic rings. The van der Waals surface area contributed by atoms with Crippen molar-refractivity contribution in [2.24, 2.45) is 0 Å². The predicted molar refractivity (Wildman–Crippen MR) is 51.5 cm³/mol. The molecule has 2 rings (SSSR count). The fourth-order valence-electron chi connectivity index (χ4n) is 1.23. The summed E-state index contributed by atoms with van der Waals surface area (Å²) in [6.07, 6.45) is 1.30. The second-order valence-corrected chi connectivity index (χ2v) is 3.04. The molecule has 0 radical (unpaired) electrons. The van der Waals surface area contributed by atoms with E-state index in [0.29, 0.717) is 17.0 Å². The molecule has 14 heavy (non-hydrogen) atoms. The van der Waals surface area contributed by atoms with E-state index >= 15 is 0 Å². The van der Waals surface area contributed by atoms with Gasteiger partial charge in [-0.15, -0.1) is 11.6 Å². The lowest BCUT2D eigenvalue weighted by atomic mass is 10.1. The minimum Gasteiger partial charge on any atom is -0.443 e. The Morgan fingerprint density at radius 2 is 2.29 bits per heavy atom. The second-order valence-electron chi connectivity index (χ2n) is 2.77. The van der Waals surface area contributed by atoms with E-state index in [0.717, 1.165) is 0 Å². The van der Waals surface area contributed by atoms with E-state index < -0.39 is 0 Å². The average Bonchev–Trinajstić information content (AvgIpc) is 2.65. The third-order valence-electron chi connectivity index (χ3n) is 1.85. The highest BCUT2D eigenvalue weighted by atomic mass is 35.5. The molecule has 0 aliphatic heterocycles. The summed E-state index contributed by atoms with van der Waals surface area (Å²) in [7, 11) is 0. The van der Waals surface area contributed by atoms with Crippen LogP contribution in [0.25, 0.3) is 11.3 Å². The van der Waals surface area contributed by atoms with Crippen LogP contribution in [0.1, 0.15) is 5.69 Å². The molecule has 0 atom stereocenters. The van der Waals surface area contributed by atoms with E-state index in [1.54, 1.807) is 12.1 Å². The molecule has 1 aromatic heterocycles. The lowest BCUT2D eigenvalue weighted by Crippen LogP contribution is -1.83. The van der Waals surface area contributed by atoms with Gasteiger partial charge in [0.05, 0.1) is 5.88 Å². The van der Waals surface area contributed by atoms with Crippen LogP contribution in [0.5, 0.6) is 0 Å². The Hall–Kier alpha value is -1.35. The fraction of sp³-hybridized carbons (Fsp3) is 0.100. The molecule has 2 aromatic rings. The van der Waals surface area contributed by atoms with Crippen LogP contribution in [0.2, 0.25) is 0 Å². The first-order valence-electron chi connectivity index (χ1n) is 4.05. The van der Waals surface area contributed by atoms with Crippen LogP contribution >= 0.6 is 11.6 Å². The number of nitrogens with zero attached hydrogens (tertiary/aromatic N) is 1. The summed E-state index contributed by atoms with van der Waals surface area (Å²) in [5, 5.41) is 0. The van der Waals surface area contributed by atoms with Gasteiger partial charge >= 0.3 is 0 Å². The van der Waals surface area contributed by atoms with Gasteiger partial charge in [0, 0.05) is 5.56 Å². The lowest BCUT2D eigenvalue weighted by molar-refractivity contribution is 0.569. The van der Waals surface area contributed by atoms with Gasteiger partial charge < -0.3 is 4.42 Å². The Balaban J connectivity index is 2.49. The molecule has 0 amide bonds. The molecule has 0 N–H and O–H groups in total. The van der Waals surface area contributed by atoms with Gasteiger partial charge in [0.2, 0.25) is 0 Å². The van der Waals surface area contributed by atoms with Crippen LogP contribution in [0.4, 0.5) is 4.39 Å². The summed E-state index contributed by atoms with van der Waals surface area (Å²) in [5.41, 5.74) is 1.27. The summed E-state index contributed by atoms with van der Waals surface area (Å²) in [6, 6.07) is 6.13. The molecule has 1 aromatic carbocycles. The maximum atomic E-state index is 12.9. The quantitative estimate of drug-likeness (QED) is 0.713. The van der Waals surface area contributed by atoms with Gasteiger partial charge in [0.25, 0.3) is 0 Å². The summed E-state index contributed by atoms with van der Waals surface area (Å²) in [6.45, 7) is 0. The van der Waals surface area contributed by atoms with Crippen molar-refractivity contribution in [2.75, 3.05) is 0 Å². The molecule has 0 unspecified atom stereocenters. The van der Waals surface area contributed by atoms with Gasteiger partial charge in [0.1, 0.15) is 11.5 Å². The monoisotopic (exact) mass is 211 g/mol. The highest BCUT2D eigenvalue weighted by Crippen LogP contribution is 2.24. The summed E-state index contributed by atoms with van der Waals surface area (Å²) >= 11 is 5.65. The number of rotatable bonds is 2. The zero-order valence-corrected chi connectivity index (χ0v) is 7.96. The van der Waals surface area contributed by atoms with Gasteiger partial charge in [-0.05, 0) is 12.1 Å². The Kier molecular flexibility index (Phi) is 2.50. The first kappa shape index (κ1) is 9.21. The molecule has 4 heteroatoms. The fourth-order valence-corrected chi connectivity index (χ4v) is 1.42. The van der Waals surface area contributed by atoms with Crippen LogP contribution in [-0.4, -0.2) is 4.98 Å². The van der Waals surface area contributed by atoms with Crippen LogP contribution < -0.4 is 0 Å². The third kappa shape index (κ3) is 1.63. The van der Waals surface area contributed by atoms with Crippen molar-refractivity contribution in [3.05, 3.63) is 42.2 Å². The van der Waals surface area contributed by atoms with Crippen molar-refractivity contribution in [2.45, 2.75) is 5.88 Å². The number of hydrogen-bond acceptors (Lipinski definition) is 2. The first-order valence-corrected chi connectivity index (χ1v) is 4.59. The standard InChI is InChI=1S/C10H7ClFNO/c11-5-9-10(14-6-13-9)7-2-1-3-8(12)4-7/h1-4,6H,5H2. The smallest absolute Gasteiger partial charge is 0.181 e. The zero-order valence-electron chi connectivity index (χ0n) is 7.21. The molecule has 2 nitrogen and oxygen atoms in total. The van der Waals surface area contributed by atoms with Gasteiger partial charge in [-0.2, -0.15) is 0 Å². The van der Waals surface area contributed by atoms with E-state index in [-0.39, 0.29) is 11.7 Å². The molecule has 1 heterocycles. The first-order chi connectivity index (χ1) is 6.81. The zero-order chi connectivity index (χ0) is 9.97. The number of hydrogen-bond donors (Lipinski definition) is 0. The molecule has 0 fully saturated rings. The van der Waals surface area contributed by atoms with Crippen molar-refractivity contribution >= 4 is 11.6 Å². The Bertz CT molecular complexity index is 441. The van der Waals surface area contributed by atoms with Crippen molar-refractivity contribution in [1.82, 2.24) is 4.98 Å². The Morgan fingerprint density at radius 1 is 1.43 bits per heavy atom. The second kappa shape index (κ2) is 3.80. The maximum absolute atomic E-state index is 12.9. The summed E-state index contributed by atoms with van der Waals surface area (Å²) in [5.74, 6) is 0.474. The van der Waals surface area contributed by atoms with Crippen molar-refractivity contribution < 1.29 is 8.81 Å². The SMILES string of the molecule is Fc1cccc(-c2ocnc2CCl)c1. The van der Waals surface area contributed by atoms with Crippen molar-refractivity contribution in [1.29, 1.82) is 0 Å². The van der Waals surface area contributed by atoms with E-state index in [1.165, 1.54) is 18.5 Å². The number of benzene rings is 1. The molecule has 72 valence electrons. The van der Waals surface area contributed by atoms with E-state index in [9.17, 15) is 4.39 Å². The van der Waals surface area contributed by atoms with Gasteiger partial charge in [0.15, 0.2) is 12.2 Å². The van der Waals surface area contributed by atoms with Crippen LogP contribution in [0.15, 0.2) is 35.1 Å².